The fourth-order valence-corrected chi connectivity index (χ4v) is 3.15. The summed E-state index contributed by atoms with van der Waals surface area (Å²) in [7, 11) is 0. The molecule has 1 nitrogen and oxygen atoms in total. The molecule has 0 bridgehead atoms. The van der Waals surface area contributed by atoms with Crippen molar-refractivity contribution in [3.8, 4) is 0 Å². The third kappa shape index (κ3) is 3.67. The van der Waals surface area contributed by atoms with Crippen molar-refractivity contribution in [2.45, 2.75) is 38.6 Å². The van der Waals surface area contributed by atoms with Crippen molar-refractivity contribution < 1.29 is 0 Å². The molecular formula is C11H23NS2. The molecule has 0 radical (unpaired) electrons. The van der Waals surface area contributed by atoms with Gasteiger partial charge in [-0.3, -0.25) is 4.90 Å². The van der Waals surface area contributed by atoms with Crippen LogP contribution in [0.5, 0.6) is 0 Å². The fourth-order valence-electron chi connectivity index (χ4n) is 2.29. The molecule has 1 unspecified atom stereocenters. The maximum atomic E-state index is 4.42. The Kier molecular flexibility index (Phi) is 6.38. The highest BCUT2D eigenvalue weighted by molar-refractivity contribution is 7.80. The largest absolute Gasteiger partial charge is 0.300 e. The van der Waals surface area contributed by atoms with Crippen molar-refractivity contribution in [3.05, 3.63) is 0 Å². The minimum Gasteiger partial charge on any atom is -0.300 e. The zero-order valence-corrected chi connectivity index (χ0v) is 10.9. The Morgan fingerprint density at radius 3 is 2.36 bits per heavy atom. The van der Waals surface area contributed by atoms with Gasteiger partial charge in [0.25, 0.3) is 0 Å². The fraction of sp³-hybridized carbons (Fsp3) is 1.00. The van der Waals surface area contributed by atoms with Crippen molar-refractivity contribution in [2.24, 2.45) is 5.92 Å². The highest BCUT2D eigenvalue weighted by atomic mass is 32.1. The molecule has 14 heavy (non-hydrogen) atoms. The summed E-state index contributed by atoms with van der Waals surface area (Å²) in [6.45, 7) is 4.82. The van der Waals surface area contributed by atoms with E-state index in [0.29, 0.717) is 6.04 Å². The molecule has 1 saturated heterocycles. The summed E-state index contributed by atoms with van der Waals surface area (Å²) >= 11 is 8.72. The number of likely N-dealkylation sites (tertiary alicyclic amines) is 1. The molecule has 0 aromatic heterocycles. The first-order chi connectivity index (χ1) is 6.81. The average Bonchev–Trinajstić information content (AvgIpc) is 2.23. The molecule has 1 aliphatic heterocycles. The van der Waals surface area contributed by atoms with Gasteiger partial charge in [-0.1, -0.05) is 6.92 Å². The molecule has 0 spiro atoms. The predicted octanol–water partition coefficient (Wildman–Crippen LogP) is 2.73. The lowest BCUT2D eigenvalue weighted by molar-refractivity contribution is 0.139. The molecule has 1 aliphatic rings. The summed E-state index contributed by atoms with van der Waals surface area (Å²) in [5.74, 6) is 2.99. The molecule has 0 aromatic carbocycles. The zero-order valence-electron chi connectivity index (χ0n) is 9.15. The number of thiol groups is 2. The Labute approximate surface area is 99.5 Å². The van der Waals surface area contributed by atoms with Gasteiger partial charge in [0.1, 0.15) is 0 Å². The van der Waals surface area contributed by atoms with Gasteiger partial charge in [0, 0.05) is 11.8 Å². The molecule has 0 aromatic rings. The molecule has 3 heteroatoms. The molecule has 0 N–H and O–H groups in total. The average molecular weight is 233 g/mol. The van der Waals surface area contributed by atoms with Crippen molar-refractivity contribution in [1.29, 1.82) is 0 Å². The van der Waals surface area contributed by atoms with Gasteiger partial charge in [0.15, 0.2) is 0 Å². The molecule has 1 fully saturated rings. The predicted molar refractivity (Wildman–Crippen MR) is 70.7 cm³/mol. The van der Waals surface area contributed by atoms with Crippen LogP contribution in [0, 0.1) is 5.92 Å². The van der Waals surface area contributed by atoms with E-state index in [2.05, 4.69) is 37.1 Å². The Morgan fingerprint density at radius 2 is 1.93 bits per heavy atom. The highest BCUT2D eigenvalue weighted by Crippen LogP contribution is 2.23. The van der Waals surface area contributed by atoms with E-state index in [1.165, 1.54) is 38.8 Å². The van der Waals surface area contributed by atoms with Crippen LogP contribution < -0.4 is 0 Å². The van der Waals surface area contributed by atoms with Crippen LogP contribution in [0.25, 0.3) is 0 Å². The van der Waals surface area contributed by atoms with Gasteiger partial charge in [-0.15, -0.1) is 0 Å². The smallest absolute Gasteiger partial charge is 0.0181 e. The first kappa shape index (κ1) is 12.7. The molecule has 84 valence electrons. The summed E-state index contributed by atoms with van der Waals surface area (Å²) < 4.78 is 0. The van der Waals surface area contributed by atoms with Crippen LogP contribution in [0.3, 0.4) is 0 Å². The SMILES string of the molecule is CCC(CS)N1CCC(CCS)CC1. The maximum absolute atomic E-state index is 4.42. The van der Waals surface area contributed by atoms with Crippen molar-refractivity contribution >= 4 is 25.3 Å². The normalized spacial score (nSPS) is 22.5. The number of hydrogen-bond acceptors (Lipinski definition) is 3. The van der Waals surface area contributed by atoms with Gasteiger partial charge < -0.3 is 0 Å². The van der Waals surface area contributed by atoms with Gasteiger partial charge in [0.05, 0.1) is 0 Å². The van der Waals surface area contributed by atoms with E-state index >= 15 is 0 Å². The molecule has 0 amide bonds. The molecule has 1 heterocycles. The van der Waals surface area contributed by atoms with Gasteiger partial charge in [0.2, 0.25) is 0 Å². The summed E-state index contributed by atoms with van der Waals surface area (Å²) in [6.07, 6.45) is 5.27. The Morgan fingerprint density at radius 1 is 1.29 bits per heavy atom. The third-order valence-corrected chi connectivity index (χ3v) is 4.06. The van der Waals surface area contributed by atoms with E-state index in [0.717, 1.165) is 17.4 Å². The van der Waals surface area contributed by atoms with Crippen LogP contribution in [0.1, 0.15) is 32.6 Å². The third-order valence-electron chi connectivity index (χ3n) is 3.38. The number of hydrogen-bond donors (Lipinski definition) is 2. The minimum absolute atomic E-state index is 0.704. The van der Waals surface area contributed by atoms with E-state index in [4.69, 9.17) is 0 Å². The summed E-state index contributed by atoms with van der Waals surface area (Å²) in [4.78, 5) is 2.61. The van der Waals surface area contributed by atoms with Crippen LogP contribution >= 0.6 is 25.3 Å². The second-order valence-corrected chi connectivity index (χ2v) is 5.05. The summed E-state index contributed by atoms with van der Waals surface area (Å²) in [5.41, 5.74) is 0. The lowest BCUT2D eigenvalue weighted by Gasteiger charge is -2.36. The Bertz CT molecular complexity index is 140. The van der Waals surface area contributed by atoms with Gasteiger partial charge >= 0.3 is 0 Å². The molecular weight excluding hydrogens is 210 g/mol. The van der Waals surface area contributed by atoms with Crippen LogP contribution in [0.2, 0.25) is 0 Å². The minimum atomic E-state index is 0.704. The van der Waals surface area contributed by atoms with Crippen LogP contribution in [0.15, 0.2) is 0 Å². The van der Waals surface area contributed by atoms with E-state index in [-0.39, 0.29) is 0 Å². The first-order valence-corrected chi connectivity index (χ1v) is 7.04. The van der Waals surface area contributed by atoms with E-state index < -0.39 is 0 Å². The Hall–Kier alpha value is 0.660. The van der Waals surface area contributed by atoms with E-state index in [1.54, 1.807) is 0 Å². The van der Waals surface area contributed by atoms with Crippen LogP contribution in [-0.4, -0.2) is 35.5 Å². The van der Waals surface area contributed by atoms with Gasteiger partial charge in [-0.25, -0.2) is 0 Å². The van der Waals surface area contributed by atoms with Crippen molar-refractivity contribution in [2.75, 3.05) is 24.6 Å². The topological polar surface area (TPSA) is 3.24 Å². The quantitative estimate of drug-likeness (QED) is 0.691. The van der Waals surface area contributed by atoms with E-state index in [1.807, 2.05) is 0 Å². The zero-order chi connectivity index (χ0) is 10.4. The van der Waals surface area contributed by atoms with Gasteiger partial charge in [-0.2, -0.15) is 25.3 Å². The van der Waals surface area contributed by atoms with Crippen molar-refractivity contribution in [3.63, 3.8) is 0 Å². The lowest BCUT2D eigenvalue weighted by Crippen LogP contribution is -2.42. The number of piperidine rings is 1. The maximum Gasteiger partial charge on any atom is 0.0181 e. The van der Waals surface area contributed by atoms with E-state index in [9.17, 15) is 0 Å². The molecule has 0 aliphatic carbocycles. The van der Waals surface area contributed by atoms with Crippen LogP contribution in [-0.2, 0) is 0 Å². The Balaban J connectivity index is 2.27. The highest BCUT2D eigenvalue weighted by Gasteiger charge is 2.22. The molecule has 0 saturated carbocycles. The molecule has 1 atom stereocenters. The first-order valence-electron chi connectivity index (χ1n) is 5.77. The second-order valence-electron chi connectivity index (χ2n) is 4.24. The monoisotopic (exact) mass is 233 g/mol. The van der Waals surface area contributed by atoms with Crippen LogP contribution in [0.4, 0.5) is 0 Å². The standard InChI is InChI=1S/C11H23NS2/c1-2-11(9-14)12-6-3-10(4-7-12)5-8-13/h10-11,13-14H,2-9H2,1H3. The van der Waals surface area contributed by atoms with Crippen molar-refractivity contribution in [1.82, 2.24) is 4.90 Å². The van der Waals surface area contributed by atoms with Gasteiger partial charge in [-0.05, 0) is 50.4 Å². The summed E-state index contributed by atoms with van der Waals surface area (Å²) in [5, 5.41) is 0. The number of nitrogens with zero attached hydrogens (tertiary/aromatic N) is 1. The second kappa shape index (κ2) is 7.02. The summed E-state index contributed by atoms with van der Waals surface area (Å²) in [6, 6.07) is 0.704. The lowest BCUT2D eigenvalue weighted by atomic mass is 9.93. The molecule has 1 rings (SSSR count). The number of rotatable bonds is 5.